The van der Waals surface area contributed by atoms with Gasteiger partial charge in [-0.2, -0.15) is 5.10 Å². The summed E-state index contributed by atoms with van der Waals surface area (Å²) < 4.78 is 7.97. The lowest BCUT2D eigenvalue weighted by molar-refractivity contribution is 0.320. The molecule has 1 aliphatic heterocycles. The molecule has 9 heteroatoms. The van der Waals surface area contributed by atoms with Gasteiger partial charge >= 0.3 is 0 Å². The number of nitrogen functional groups attached to an aromatic ring is 1. The Kier molecular flexibility index (Phi) is 6.78. The Morgan fingerprint density at radius 3 is 2.50 bits per heavy atom. The molecule has 6 rings (SSSR count). The van der Waals surface area contributed by atoms with E-state index in [-0.39, 0.29) is 0 Å². The zero-order valence-electron chi connectivity index (χ0n) is 21.9. The molecule has 4 aromatic rings. The van der Waals surface area contributed by atoms with Gasteiger partial charge in [0.2, 0.25) is 5.88 Å². The average Bonchev–Trinajstić information content (AvgIpc) is 3.60. The summed E-state index contributed by atoms with van der Waals surface area (Å²) in [6, 6.07) is 13.8. The van der Waals surface area contributed by atoms with Gasteiger partial charge in [-0.3, -0.25) is 4.90 Å². The van der Waals surface area contributed by atoms with Crippen LogP contribution in [0.4, 0.5) is 5.82 Å². The van der Waals surface area contributed by atoms with E-state index in [1.165, 1.54) is 0 Å². The van der Waals surface area contributed by atoms with Crippen LogP contribution in [0.3, 0.4) is 0 Å². The van der Waals surface area contributed by atoms with E-state index in [4.69, 9.17) is 15.6 Å². The highest BCUT2D eigenvalue weighted by molar-refractivity contribution is 5.98. The molecule has 2 aliphatic rings. The van der Waals surface area contributed by atoms with Crippen LogP contribution < -0.4 is 10.5 Å². The predicted octanol–water partition coefficient (Wildman–Crippen LogP) is 4.26. The first-order valence-electron chi connectivity index (χ1n) is 13.2. The molecule has 196 valence electrons. The highest BCUT2D eigenvalue weighted by Gasteiger charge is 2.42. The van der Waals surface area contributed by atoms with Gasteiger partial charge in [-0.25, -0.2) is 19.6 Å². The van der Waals surface area contributed by atoms with Crippen LogP contribution in [0.5, 0.6) is 11.6 Å². The monoisotopic (exact) mass is 510 g/mol. The summed E-state index contributed by atoms with van der Waals surface area (Å²) in [5.41, 5.74) is 8.95. The molecule has 9 nitrogen and oxygen atoms in total. The van der Waals surface area contributed by atoms with Crippen molar-refractivity contribution in [2.24, 2.45) is 11.8 Å². The van der Waals surface area contributed by atoms with Crippen molar-refractivity contribution in [2.75, 3.05) is 46.0 Å². The van der Waals surface area contributed by atoms with Crippen molar-refractivity contribution in [3.05, 3.63) is 67.1 Å². The van der Waals surface area contributed by atoms with Gasteiger partial charge in [-0.05, 0) is 69.1 Å². The van der Waals surface area contributed by atoms with Crippen molar-refractivity contribution in [3.8, 4) is 22.9 Å². The van der Waals surface area contributed by atoms with E-state index in [1.807, 2.05) is 42.5 Å². The van der Waals surface area contributed by atoms with Crippen LogP contribution in [-0.2, 0) is 0 Å². The number of hydrogen-bond acceptors (Lipinski definition) is 8. The summed E-state index contributed by atoms with van der Waals surface area (Å²) >= 11 is 0. The van der Waals surface area contributed by atoms with Crippen molar-refractivity contribution in [2.45, 2.75) is 18.9 Å². The number of aromatic nitrogens is 5. The van der Waals surface area contributed by atoms with Crippen LogP contribution in [-0.4, -0.2) is 74.8 Å². The third-order valence-corrected chi connectivity index (χ3v) is 7.65. The van der Waals surface area contributed by atoms with E-state index < -0.39 is 0 Å². The highest BCUT2D eigenvalue weighted by atomic mass is 16.5. The zero-order chi connectivity index (χ0) is 26.1. The van der Waals surface area contributed by atoms with E-state index in [1.54, 1.807) is 12.5 Å². The molecule has 38 heavy (non-hydrogen) atoms. The molecule has 1 aliphatic carbocycles. The largest absolute Gasteiger partial charge is 0.439 e. The molecule has 0 bridgehead atoms. The maximum absolute atomic E-state index is 6.37. The first kappa shape index (κ1) is 24.5. The molecule has 2 fully saturated rings. The number of fused-ring (bicyclic) bond motifs is 2. The molecule has 0 spiro atoms. The number of hydrogen-bond donors (Lipinski definition) is 1. The van der Waals surface area contributed by atoms with E-state index in [0.29, 0.717) is 35.3 Å². The van der Waals surface area contributed by atoms with Crippen LogP contribution >= 0.6 is 0 Å². The first-order valence-corrected chi connectivity index (χ1v) is 13.2. The third-order valence-electron chi connectivity index (χ3n) is 7.65. The smallest absolute Gasteiger partial charge is 0.219 e. The maximum atomic E-state index is 6.37. The van der Waals surface area contributed by atoms with Gasteiger partial charge < -0.3 is 15.4 Å². The molecular formula is C29H34N8O. The van der Waals surface area contributed by atoms with E-state index in [9.17, 15) is 0 Å². The van der Waals surface area contributed by atoms with Gasteiger partial charge in [0.25, 0.3) is 0 Å². The predicted molar refractivity (Wildman–Crippen MR) is 149 cm³/mol. The van der Waals surface area contributed by atoms with E-state index >= 15 is 0 Å². The second-order valence-electron chi connectivity index (χ2n) is 10.6. The van der Waals surface area contributed by atoms with Crippen molar-refractivity contribution in [1.29, 1.82) is 0 Å². The van der Waals surface area contributed by atoms with E-state index in [2.05, 4.69) is 55.7 Å². The van der Waals surface area contributed by atoms with Gasteiger partial charge in [-0.15, -0.1) is 0 Å². The highest BCUT2D eigenvalue weighted by Crippen LogP contribution is 2.45. The standard InChI is InChI=1S/C29H34N8O/c1-35(2)13-5-6-14-36-17-21-15-23(16-22(21)18-36)37-29-26(28(30)32-19-33-29)27(34-37)20-8-10-24(11-9-20)38-25-7-3-4-12-31-25/h3-12,19,21-23H,13-18H2,1-2H3,(H2,30,32,33)/b6-5+. The van der Waals surface area contributed by atoms with Gasteiger partial charge in [0.1, 0.15) is 23.6 Å². The number of nitrogens with zero attached hydrogens (tertiary/aromatic N) is 7. The van der Waals surface area contributed by atoms with Crippen molar-refractivity contribution in [3.63, 3.8) is 0 Å². The lowest BCUT2D eigenvalue weighted by atomic mass is 10.0. The Morgan fingerprint density at radius 2 is 1.79 bits per heavy atom. The fourth-order valence-corrected chi connectivity index (χ4v) is 5.88. The Morgan fingerprint density at radius 1 is 1.00 bits per heavy atom. The quantitative estimate of drug-likeness (QED) is 0.351. The fraction of sp³-hybridized carbons (Fsp3) is 0.379. The van der Waals surface area contributed by atoms with Crippen LogP contribution in [0.25, 0.3) is 22.3 Å². The van der Waals surface area contributed by atoms with Gasteiger partial charge in [0, 0.05) is 44.0 Å². The topological polar surface area (TPSA) is 98.2 Å². The second kappa shape index (κ2) is 10.5. The molecule has 2 atom stereocenters. The minimum Gasteiger partial charge on any atom is -0.439 e. The van der Waals surface area contributed by atoms with E-state index in [0.717, 1.165) is 61.3 Å². The summed E-state index contributed by atoms with van der Waals surface area (Å²) in [6.07, 6.45) is 10.0. The maximum Gasteiger partial charge on any atom is 0.219 e. The third kappa shape index (κ3) is 4.99. The molecule has 1 aromatic carbocycles. The Hall–Kier alpha value is -3.82. The number of rotatable bonds is 8. The normalized spacial score (nSPS) is 21.6. The number of pyridine rings is 1. The number of benzene rings is 1. The van der Waals surface area contributed by atoms with Gasteiger partial charge in [0.15, 0.2) is 5.65 Å². The molecule has 1 saturated heterocycles. The van der Waals surface area contributed by atoms with Gasteiger partial charge in [-0.1, -0.05) is 18.2 Å². The van der Waals surface area contributed by atoms with Crippen LogP contribution in [0.2, 0.25) is 0 Å². The fourth-order valence-electron chi connectivity index (χ4n) is 5.88. The number of likely N-dealkylation sites (tertiary alicyclic amines) is 1. The second-order valence-corrected chi connectivity index (χ2v) is 10.6. The van der Waals surface area contributed by atoms with Crippen molar-refractivity contribution >= 4 is 16.9 Å². The summed E-state index contributed by atoms with van der Waals surface area (Å²) in [6.45, 7) is 4.31. The summed E-state index contributed by atoms with van der Waals surface area (Å²) in [5, 5.41) is 5.91. The number of ether oxygens (including phenoxy) is 1. The summed E-state index contributed by atoms with van der Waals surface area (Å²) in [5.74, 6) is 3.10. The summed E-state index contributed by atoms with van der Waals surface area (Å²) in [4.78, 5) is 17.9. The Bertz CT molecular complexity index is 1400. The van der Waals surface area contributed by atoms with Crippen molar-refractivity contribution < 1.29 is 4.74 Å². The minimum absolute atomic E-state index is 0.314. The molecular weight excluding hydrogens is 476 g/mol. The van der Waals surface area contributed by atoms with Crippen molar-refractivity contribution in [1.82, 2.24) is 34.5 Å². The summed E-state index contributed by atoms with van der Waals surface area (Å²) in [7, 11) is 4.20. The SMILES string of the molecule is CN(C)C/C=C/CN1CC2CC(n3nc(-c4ccc(Oc5ccccn5)cc4)c4c(N)ncnc43)CC2C1. The zero-order valence-corrected chi connectivity index (χ0v) is 21.9. The lowest BCUT2D eigenvalue weighted by Gasteiger charge is -2.18. The van der Waals surface area contributed by atoms with Crippen LogP contribution in [0.1, 0.15) is 18.9 Å². The van der Waals surface area contributed by atoms with Gasteiger partial charge in [0.05, 0.1) is 11.4 Å². The lowest BCUT2D eigenvalue weighted by Crippen LogP contribution is -2.23. The number of likely N-dealkylation sites (N-methyl/N-ethyl adjacent to an activating group) is 1. The molecule has 1 saturated carbocycles. The minimum atomic E-state index is 0.314. The Balaban J connectivity index is 1.20. The molecule has 2 N–H and O–H groups in total. The first-order chi connectivity index (χ1) is 18.5. The van der Waals surface area contributed by atoms with Crippen LogP contribution in [0, 0.1) is 11.8 Å². The molecule has 3 aromatic heterocycles. The molecule has 2 unspecified atom stereocenters. The average molecular weight is 511 g/mol. The Labute approximate surface area is 223 Å². The molecule has 0 amide bonds. The number of anilines is 1. The molecule has 0 radical (unpaired) electrons. The number of nitrogens with two attached hydrogens (primary N) is 1. The molecule has 4 heterocycles. The van der Waals surface area contributed by atoms with Crippen LogP contribution in [0.15, 0.2) is 67.1 Å².